The molecular weight excluding hydrogens is 236 g/mol. The van der Waals surface area contributed by atoms with Gasteiger partial charge in [0.25, 0.3) is 0 Å². The zero-order chi connectivity index (χ0) is 13.3. The summed E-state index contributed by atoms with van der Waals surface area (Å²) < 4.78 is 0. The van der Waals surface area contributed by atoms with Gasteiger partial charge >= 0.3 is 5.97 Å². The fourth-order valence-electron chi connectivity index (χ4n) is 1.86. The Labute approximate surface area is 104 Å². The van der Waals surface area contributed by atoms with Crippen molar-refractivity contribution in [3.8, 4) is 5.75 Å². The molecule has 96 valence electrons. The van der Waals surface area contributed by atoms with Crippen LogP contribution in [-0.4, -0.2) is 33.1 Å². The molecule has 1 aliphatic rings. The normalized spacial score (nSPS) is 20.2. The smallest absolute Gasteiger partial charge is 0.326 e. The molecule has 2 unspecified atom stereocenters. The summed E-state index contributed by atoms with van der Waals surface area (Å²) in [5.41, 5.74) is 8.90. The van der Waals surface area contributed by atoms with Gasteiger partial charge in [-0.25, -0.2) is 4.79 Å². The lowest BCUT2D eigenvalue weighted by Crippen LogP contribution is -2.47. The predicted octanol–water partition coefficient (Wildman–Crippen LogP) is -0.00120. The maximum atomic E-state index is 11.1. The Morgan fingerprint density at radius 3 is 2.83 bits per heavy atom. The number of guanidine groups is 1. The van der Waals surface area contributed by atoms with E-state index >= 15 is 0 Å². The average molecular weight is 250 g/mol. The van der Waals surface area contributed by atoms with Gasteiger partial charge in [0.15, 0.2) is 0 Å². The summed E-state index contributed by atoms with van der Waals surface area (Å²) in [6, 6.07) is 5.78. The third kappa shape index (κ3) is 1.90. The first-order valence-electron chi connectivity index (χ1n) is 5.40. The lowest BCUT2D eigenvalue weighted by molar-refractivity contribution is -0.141. The van der Waals surface area contributed by atoms with Crippen molar-refractivity contribution in [3.63, 3.8) is 0 Å². The summed E-state index contributed by atoms with van der Waals surface area (Å²) >= 11 is 0. The molecule has 0 spiro atoms. The Bertz CT molecular complexity index is 503. The van der Waals surface area contributed by atoms with Gasteiger partial charge in [-0.05, 0) is 13.0 Å². The van der Waals surface area contributed by atoms with Gasteiger partial charge in [-0.1, -0.05) is 18.2 Å². The Morgan fingerprint density at radius 1 is 1.56 bits per heavy atom. The number of hydrogen-bond acceptors (Lipinski definition) is 6. The number of nitrogens with two attached hydrogens (primary N) is 1. The molecule has 0 saturated heterocycles. The summed E-state index contributed by atoms with van der Waals surface area (Å²) in [6.07, 6.45) is -0.586. The SMILES string of the molecule is CC(C(=O)O)N1C(N)=NNC1c1ccccc1O. The highest BCUT2D eigenvalue weighted by Gasteiger charge is 2.35. The number of nitrogens with zero attached hydrogens (tertiary/aromatic N) is 2. The highest BCUT2D eigenvalue weighted by atomic mass is 16.4. The van der Waals surface area contributed by atoms with Crippen LogP contribution >= 0.6 is 0 Å². The molecule has 0 saturated carbocycles. The predicted molar refractivity (Wildman–Crippen MR) is 64.5 cm³/mol. The van der Waals surface area contributed by atoms with E-state index in [1.165, 1.54) is 17.9 Å². The Morgan fingerprint density at radius 2 is 2.22 bits per heavy atom. The molecule has 1 aromatic carbocycles. The topological polar surface area (TPSA) is 111 Å². The van der Waals surface area contributed by atoms with E-state index in [0.29, 0.717) is 5.56 Å². The summed E-state index contributed by atoms with van der Waals surface area (Å²) in [6.45, 7) is 1.50. The van der Waals surface area contributed by atoms with E-state index in [9.17, 15) is 9.90 Å². The first-order chi connectivity index (χ1) is 8.52. The number of phenolic OH excluding ortho intramolecular Hbond substituents is 1. The molecule has 7 nitrogen and oxygen atoms in total. The van der Waals surface area contributed by atoms with Crippen molar-refractivity contribution in [2.45, 2.75) is 19.1 Å². The number of aliphatic carboxylic acids is 1. The van der Waals surface area contributed by atoms with E-state index < -0.39 is 18.2 Å². The summed E-state index contributed by atoms with van der Waals surface area (Å²) in [4.78, 5) is 12.5. The molecular formula is C11H14N4O3. The number of nitrogens with one attached hydrogen (secondary N) is 1. The zero-order valence-corrected chi connectivity index (χ0v) is 9.74. The van der Waals surface area contributed by atoms with Crippen LogP contribution in [-0.2, 0) is 4.79 Å². The second-order valence-electron chi connectivity index (χ2n) is 3.98. The molecule has 7 heteroatoms. The van der Waals surface area contributed by atoms with Crippen LogP contribution in [0.4, 0.5) is 0 Å². The largest absolute Gasteiger partial charge is 0.508 e. The van der Waals surface area contributed by atoms with Gasteiger partial charge in [0.2, 0.25) is 5.96 Å². The molecule has 0 bridgehead atoms. The summed E-state index contributed by atoms with van der Waals surface area (Å²) in [5, 5.41) is 22.7. The number of carboxylic acids is 1. The molecule has 2 atom stereocenters. The van der Waals surface area contributed by atoms with Crippen molar-refractivity contribution in [3.05, 3.63) is 29.8 Å². The van der Waals surface area contributed by atoms with Crippen molar-refractivity contribution < 1.29 is 15.0 Å². The first-order valence-corrected chi connectivity index (χ1v) is 5.40. The molecule has 1 aromatic rings. The fourth-order valence-corrected chi connectivity index (χ4v) is 1.86. The van der Waals surface area contributed by atoms with E-state index in [4.69, 9.17) is 10.8 Å². The second-order valence-corrected chi connectivity index (χ2v) is 3.98. The van der Waals surface area contributed by atoms with Crippen LogP contribution in [0, 0.1) is 0 Å². The highest BCUT2D eigenvalue weighted by molar-refractivity contribution is 5.85. The van der Waals surface area contributed by atoms with Gasteiger partial charge in [0.1, 0.15) is 18.0 Å². The van der Waals surface area contributed by atoms with Crippen molar-refractivity contribution in [1.29, 1.82) is 0 Å². The number of carboxylic acid groups (broad SMARTS) is 1. The summed E-state index contributed by atoms with van der Waals surface area (Å²) in [5.74, 6) is -0.877. The highest BCUT2D eigenvalue weighted by Crippen LogP contribution is 2.30. The summed E-state index contributed by atoms with van der Waals surface area (Å²) in [7, 11) is 0. The molecule has 2 rings (SSSR count). The van der Waals surface area contributed by atoms with E-state index in [2.05, 4.69) is 10.5 Å². The molecule has 1 heterocycles. The molecule has 0 amide bonds. The van der Waals surface area contributed by atoms with Crippen LogP contribution in [0.1, 0.15) is 18.7 Å². The van der Waals surface area contributed by atoms with Crippen LogP contribution in [0.3, 0.4) is 0 Å². The minimum atomic E-state index is -1.02. The number of aromatic hydroxyl groups is 1. The third-order valence-electron chi connectivity index (χ3n) is 2.85. The number of hydrogen-bond donors (Lipinski definition) is 4. The van der Waals surface area contributed by atoms with Crippen molar-refractivity contribution in [2.24, 2.45) is 10.8 Å². The van der Waals surface area contributed by atoms with E-state index in [-0.39, 0.29) is 11.7 Å². The Balaban J connectivity index is 2.35. The van der Waals surface area contributed by atoms with Gasteiger partial charge in [-0.3, -0.25) is 5.43 Å². The lowest BCUT2D eigenvalue weighted by atomic mass is 10.1. The minimum absolute atomic E-state index is 0.0579. The van der Waals surface area contributed by atoms with Crippen LogP contribution in [0.15, 0.2) is 29.4 Å². The minimum Gasteiger partial charge on any atom is -0.508 e. The number of para-hydroxylation sites is 1. The number of rotatable bonds is 3. The van der Waals surface area contributed by atoms with E-state index in [1.807, 2.05) is 0 Å². The molecule has 0 radical (unpaired) electrons. The van der Waals surface area contributed by atoms with Crippen LogP contribution in [0.5, 0.6) is 5.75 Å². The van der Waals surface area contributed by atoms with E-state index in [1.54, 1.807) is 18.2 Å². The van der Waals surface area contributed by atoms with Crippen molar-refractivity contribution in [1.82, 2.24) is 10.3 Å². The lowest BCUT2D eigenvalue weighted by Gasteiger charge is -2.29. The molecule has 1 aliphatic heterocycles. The average Bonchev–Trinajstić information content (AvgIpc) is 2.70. The quantitative estimate of drug-likeness (QED) is 0.601. The van der Waals surface area contributed by atoms with Gasteiger partial charge < -0.3 is 20.8 Å². The van der Waals surface area contributed by atoms with Crippen LogP contribution in [0.25, 0.3) is 0 Å². The van der Waals surface area contributed by atoms with Gasteiger partial charge in [0, 0.05) is 5.56 Å². The number of hydrazone groups is 1. The second kappa shape index (κ2) is 4.44. The standard InChI is InChI=1S/C11H14N4O3/c1-6(10(17)18)15-9(13-14-11(15)12)7-4-2-3-5-8(7)16/h2-6,9,13,16H,1H3,(H2,12,14)(H,17,18). The monoisotopic (exact) mass is 250 g/mol. The van der Waals surface area contributed by atoms with Gasteiger partial charge in [-0.2, -0.15) is 0 Å². The van der Waals surface area contributed by atoms with Crippen molar-refractivity contribution in [2.75, 3.05) is 0 Å². The molecule has 0 aromatic heterocycles. The molecule has 0 fully saturated rings. The zero-order valence-electron chi connectivity index (χ0n) is 9.74. The van der Waals surface area contributed by atoms with E-state index in [0.717, 1.165) is 0 Å². The Hall–Kier alpha value is -2.44. The van der Waals surface area contributed by atoms with Crippen LogP contribution in [0.2, 0.25) is 0 Å². The van der Waals surface area contributed by atoms with Gasteiger partial charge in [0.05, 0.1) is 0 Å². The van der Waals surface area contributed by atoms with Gasteiger partial charge in [-0.15, -0.1) is 5.10 Å². The molecule has 0 aliphatic carbocycles. The maximum Gasteiger partial charge on any atom is 0.326 e. The Kier molecular flexibility index (Phi) is 2.97. The number of benzene rings is 1. The first kappa shape index (κ1) is 12.0. The maximum absolute atomic E-state index is 11.1. The van der Waals surface area contributed by atoms with Crippen molar-refractivity contribution >= 4 is 11.9 Å². The fraction of sp³-hybridized carbons (Fsp3) is 0.273. The third-order valence-corrected chi connectivity index (χ3v) is 2.85. The number of carbonyl (C=O) groups is 1. The number of phenols is 1. The molecule has 18 heavy (non-hydrogen) atoms. The van der Waals surface area contributed by atoms with Crippen LogP contribution < -0.4 is 11.2 Å². The molecule has 5 N–H and O–H groups in total.